The number of piperidine rings is 1. The number of carboxylic acid groups (broad SMARTS) is 1. The molecule has 0 unspecified atom stereocenters. The Morgan fingerprint density at radius 1 is 1.22 bits per heavy atom. The number of alkyl halides is 3. The number of nitrogens with zero attached hydrogens (tertiary/aromatic N) is 1. The molecule has 126 valence electrons. The quantitative estimate of drug-likeness (QED) is 0.852. The summed E-state index contributed by atoms with van der Waals surface area (Å²) in [6, 6.07) is 1.60. The minimum atomic E-state index is -4.77. The van der Waals surface area contributed by atoms with Crippen LogP contribution in [0.15, 0.2) is 35.2 Å². The average molecular weight is 349 g/mol. The Morgan fingerprint density at radius 3 is 2.26 bits per heavy atom. The van der Waals surface area contributed by atoms with E-state index < -0.39 is 38.2 Å². The molecule has 0 aliphatic carbocycles. The SMILES string of the molecule is C=C1CCN(S(=O)(=O)c2cc(C(F)(F)F)ccc2C(=O)O)CC1. The number of aromatic carboxylic acids is 1. The second-order valence-electron chi connectivity index (χ2n) is 5.17. The smallest absolute Gasteiger partial charge is 0.416 e. The van der Waals surface area contributed by atoms with Crippen molar-refractivity contribution in [3.05, 3.63) is 41.5 Å². The molecule has 23 heavy (non-hydrogen) atoms. The summed E-state index contributed by atoms with van der Waals surface area (Å²) in [4.78, 5) is 10.3. The van der Waals surface area contributed by atoms with E-state index >= 15 is 0 Å². The van der Waals surface area contributed by atoms with Gasteiger partial charge in [0.25, 0.3) is 0 Å². The number of carboxylic acids is 1. The van der Waals surface area contributed by atoms with Crippen LogP contribution in [-0.2, 0) is 16.2 Å². The molecule has 0 saturated carbocycles. The Hall–Kier alpha value is -1.87. The molecule has 1 fully saturated rings. The monoisotopic (exact) mass is 349 g/mol. The molecule has 1 aromatic rings. The fourth-order valence-electron chi connectivity index (χ4n) is 2.27. The first-order valence-electron chi connectivity index (χ1n) is 6.65. The van der Waals surface area contributed by atoms with E-state index in [-0.39, 0.29) is 13.1 Å². The molecule has 1 aromatic carbocycles. The van der Waals surface area contributed by atoms with Crippen molar-refractivity contribution >= 4 is 16.0 Å². The third kappa shape index (κ3) is 3.56. The normalized spacial score (nSPS) is 17.3. The highest BCUT2D eigenvalue weighted by Gasteiger charge is 2.36. The van der Waals surface area contributed by atoms with Gasteiger partial charge in [0.15, 0.2) is 0 Å². The zero-order valence-electron chi connectivity index (χ0n) is 11.9. The molecule has 0 aromatic heterocycles. The Bertz CT molecular complexity index is 746. The summed E-state index contributed by atoms with van der Waals surface area (Å²) in [5.41, 5.74) is -1.04. The van der Waals surface area contributed by atoms with Crippen LogP contribution in [0.4, 0.5) is 13.2 Å². The first kappa shape index (κ1) is 17.5. The molecule has 1 heterocycles. The largest absolute Gasteiger partial charge is 0.478 e. The highest BCUT2D eigenvalue weighted by molar-refractivity contribution is 7.89. The van der Waals surface area contributed by atoms with E-state index in [4.69, 9.17) is 5.11 Å². The van der Waals surface area contributed by atoms with E-state index in [2.05, 4.69) is 6.58 Å². The van der Waals surface area contributed by atoms with Gasteiger partial charge >= 0.3 is 12.1 Å². The molecule has 0 bridgehead atoms. The zero-order chi connectivity index (χ0) is 17.4. The predicted octanol–water partition coefficient (Wildman–Crippen LogP) is 2.74. The fraction of sp³-hybridized carbons (Fsp3) is 0.357. The molecule has 2 rings (SSSR count). The van der Waals surface area contributed by atoms with Crippen molar-refractivity contribution in [1.82, 2.24) is 4.31 Å². The molecule has 5 nitrogen and oxygen atoms in total. The molecule has 9 heteroatoms. The van der Waals surface area contributed by atoms with Crippen LogP contribution in [0.25, 0.3) is 0 Å². The lowest BCUT2D eigenvalue weighted by Crippen LogP contribution is -2.37. The van der Waals surface area contributed by atoms with Gasteiger partial charge in [-0.15, -0.1) is 0 Å². The Balaban J connectivity index is 2.54. The second-order valence-corrected chi connectivity index (χ2v) is 7.07. The topological polar surface area (TPSA) is 74.7 Å². The lowest BCUT2D eigenvalue weighted by Gasteiger charge is -2.28. The lowest BCUT2D eigenvalue weighted by molar-refractivity contribution is -0.137. The maximum Gasteiger partial charge on any atom is 0.416 e. The maximum absolute atomic E-state index is 12.8. The number of rotatable bonds is 3. The van der Waals surface area contributed by atoms with Gasteiger partial charge in [-0.25, -0.2) is 13.2 Å². The van der Waals surface area contributed by atoms with Crippen LogP contribution >= 0.6 is 0 Å². The van der Waals surface area contributed by atoms with Gasteiger partial charge in [0.2, 0.25) is 10.0 Å². The number of hydrogen-bond donors (Lipinski definition) is 1. The molecule has 0 radical (unpaired) electrons. The van der Waals surface area contributed by atoms with Gasteiger partial charge in [-0.05, 0) is 31.0 Å². The van der Waals surface area contributed by atoms with Crippen LogP contribution in [0.3, 0.4) is 0 Å². The minimum Gasteiger partial charge on any atom is -0.478 e. The van der Waals surface area contributed by atoms with E-state index in [1.54, 1.807) is 0 Å². The molecule has 1 aliphatic heterocycles. The van der Waals surface area contributed by atoms with E-state index in [0.29, 0.717) is 31.0 Å². The number of hydrogen-bond acceptors (Lipinski definition) is 3. The highest BCUT2D eigenvalue weighted by atomic mass is 32.2. The van der Waals surface area contributed by atoms with Crippen molar-refractivity contribution in [2.24, 2.45) is 0 Å². The summed E-state index contributed by atoms with van der Waals surface area (Å²) in [6.07, 6.45) is -3.99. The number of benzene rings is 1. The summed E-state index contributed by atoms with van der Waals surface area (Å²) >= 11 is 0. The van der Waals surface area contributed by atoms with Crippen LogP contribution in [-0.4, -0.2) is 36.9 Å². The summed E-state index contributed by atoms with van der Waals surface area (Å²) in [7, 11) is -4.33. The molecular formula is C14H14F3NO4S. The van der Waals surface area contributed by atoms with Crippen molar-refractivity contribution in [2.75, 3.05) is 13.1 Å². The summed E-state index contributed by atoms with van der Waals surface area (Å²) in [5.74, 6) is -1.60. The van der Waals surface area contributed by atoms with Crippen LogP contribution in [0.1, 0.15) is 28.8 Å². The molecule has 0 atom stereocenters. The highest BCUT2D eigenvalue weighted by Crippen LogP contribution is 2.33. The summed E-state index contributed by atoms with van der Waals surface area (Å²) in [6.45, 7) is 3.86. The van der Waals surface area contributed by atoms with Crippen molar-refractivity contribution in [1.29, 1.82) is 0 Å². The molecule has 1 aliphatic rings. The van der Waals surface area contributed by atoms with Gasteiger partial charge in [0, 0.05) is 13.1 Å². The molecule has 0 amide bonds. The summed E-state index contributed by atoms with van der Waals surface area (Å²) < 4.78 is 64.6. The van der Waals surface area contributed by atoms with Gasteiger partial charge in [-0.1, -0.05) is 12.2 Å². The van der Waals surface area contributed by atoms with Gasteiger partial charge in [-0.2, -0.15) is 17.5 Å². The van der Waals surface area contributed by atoms with Crippen molar-refractivity contribution in [2.45, 2.75) is 23.9 Å². The first-order valence-corrected chi connectivity index (χ1v) is 8.09. The second kappa shape index (κ2) is 5.97. The Labute approximate surface area is 131 Å². The standard InChI is InChI=1S/C14H14F3NO4S/c1-9-4-6-18(7-5-9)23(21,22)12-8-10(14(15,16)17)2-3-11(12)13(19)20/h2-3,8H,1,4-7H2,(H,19,20). The predicted molar refractivity (Wildman–Crippen MR) is 75.5 cm³/mol. The Morgan fingerprint density at radius 2 is 1.78 bits per heavy atom. The Kier molecular flexibility index (Phi) is 4.54. The number of carbonyl (C=O) groups is 1. The molecular weight excluding hydrogens is 335 g/mol. The lowest BCUT2D eigenvalue weighted by atomic mass is 10.1. The van der Waals surface area contributed by atoms with Crippen LogP contribution in [0, 0.1) is 0 Å². The first-order chi connectivity index (χ1) is 10.5. The van der Waals surface area contributed by atoms with Gasteiger partial charge < -0.3 is 5.11 Å². The third-order valence-electron chi connectivity index (χ3n) is 3.59. The van der Waals surface area contributed by atoms with Gasteiger partial charge in [0.1, 0.15) is 0 Å². The molecule has 0 spiro atoms. The van der Waals surface area contributed by atoms with Gasteiger partial charge in [-0.3, -0.25) is 0 Å². The zero-order valence-corrected chi connectivity index (χ0v) is 12.7. The van der Waals surface area contributed by atoms with E-state index in [9.17, 15) is 26.4 Å². The van der Waals surface area contributed by atoms with E-state index in [1.807, 2.05) is 0 Å². The van der Waals surface area contributed by atoms with Crippen LogP contribution in [0.2, 0.25) is 0 Å². The van der Waals surface area contributed by atoms with Crippen molar-refractivity contribution in [3.8, 4) is 0 Å². The van der Waals surface area contributed by atoms with Crippen LogP contribution < -0.4 is 0 Å². The summed E-state index contributed by atoms with van der Waals surface area (Å²) in [5, 5.41) is 9.08. The van der Waals surface area contributed by atoms with Crippen molar-refractivity contribution in [3.63, 3.8) is 0 Å². The average Bonchev–Trinajstić information content (AvgIpc) is 2.46. The third-order valence-corrected chi connectivity index (χ3v) is 5.53. The number of halogens is 3. The molecule has 1 saturated heterocycles. The maximum atomic E-state index is 12.8. The molecule has 1 N–H and O–H groups in total. The number of sulfonamides is 1. The minimum absolute atomic E-state index is 0.0659. The fourth-order valence-corrected chi connectivity index (χ4v) is 3.92. The van der Waals surface area contributed by atoms with Crippen molar-refractivity contribution < 1.29 is 31.5 Å². The van der Waals surface area contributed by atoms with E-state index in [1.165, 1.54) is 0 Å². The van der Waals surface area contributed by atoms with Gasteiger partial charge in [0.05, 0.1) is 16.0 Å². The van der Waals surface area contributed by atoms with Crippen LogP contribution in [0.5, 0.6) is 0 Å². The van der Waals surface area contributed by atoms with E-state index in [0.717, 1.165) is 9.88 Å².